The molecular formula is C14H11BrCl3N3O3S. The van der Waals surface area contributed by atoms with Crippen LogP contribution in [0.25, 0.3) is 0 Å². The Bertz CT molecular complexity index is 925. The molecule has 0 unspecified atom stereocenters. The monoisotopic (exact) mass is 485 g/mol. The maximum atomic E-state index is 13.0. The van der Waals surface area contributed by atoms with E-state index < -0.39 is 22.5 Å². The van der Waals surface area contributed by atoms with Crippen molar-refractivity contribution in [3.05, 3.63) is 55.9 Å². The fourth-order valence-corrected chi connectivity index (χ4v) is 4.58. The molecule has 0 spiro atoms. The summed E-state index contributed by atoms with van der Waals surface area (Å²) in [6.07, 6.45) is 0. The van der Waals surface area contributed by atoms with Gasteiger partial charge in [0.25, 0.3) is 15.9 Å². The van der Waals surface area contributed by atoms with Crippen molar-refractivity contribution in [1.29, 1.82) is 0 Å². The van der Waals surface area contributed by atoms with Gasteiger partial charge in [0.2, 0.25) is 0 Å². The highest BCUT2D eigenvalue weighted by molar-refractivity contribution is 9.10. The summed E-state index contributed by atoms with van der Waals surface area (Å²) in [4.78, 5) is 11.6. The lowest BCUT2D eigenvalue weighted by molar-refractivity contribution is -0.119. The van der Waals surface area contributed by atoms with E-state index in [1.165, 1.54) is 30.3 Å². The lowest BCUT2D eigenvalue weighted by Crippen LogP contribution is -2.43. The Morgan fingerprint density at radius 1 is 1.08 bits per heavy atom. The number of anilines is 1. The van der Waals surface area contributed by atoms with Crippen molar-refractivity contribution in [3.63, 3.8) is 0 Å². The van der Waals surface area contributed by atoms with Crippen molar-refractivity contribution in [2.45, 2.75) is 4.90 Å². The van der Waals surface area contributed by atoms with Gasteiger partial charge in [-0.2, -0.15) is 0 Å². The summed E-state index contributed by atoms with van der Waals surface area (Å²) in [6, 6.07) is 8.39. The highest BCUT2D eigenvalue weighted by Gasteiger charge is 2.29. The molecule has 0 aliphatic heterocycles. The zero-order valence-electron chi connectivity index (χ0n) is 12.3. The van der Waals surface area contributed by atoms with Gasteiger partial charge in [0.1, 0.15) is 6.54 Å². The maximum absolute atomic E-state index is 13.0. The fraction of sp³-hybridized carbons (Fsp3) is 0.0714. The van der Waals surface area contributed by atoms with Gasteiger partial charge in [-0.3, -0.25) is 14.5 Å². The molecule has 0 heterocycles. The number of hydrogen-bond acceptors (Lipinski definition) is 4. The van der Waals surface area contributed by atoms with Crippen molar-refractivity contribution in [1.82, 2.24) is 5.43 Å². The van der Waals surface area contributed by atoms with Crippen LogP contribution in [0, 0.1) is 0 Å². The first-order valence-corrected chi connectivity index (χ1v) is 9.96. The maximum Gasteiger partial charge on any atom is 0.264 e. The van der Waals surface area contributed by atoms with Gasteiger partial charge >= 0.3 is 0 Å². The molecule has 134 valence electrons. The van der Waals surface area contributed by atoms with Gasteiger partial charge in [0.05, 0.1) is 25.7 Å². The number of halogens is 4. The molecular weight excluding hydrogens is 477 g/mol. The van der Waals surface area contributed by atoms with E-state index in [1.807, 2.05) is 5.43 Å². The highest BCUT2D eigenvalue weighted by Crippen LogP contribution is 2.34. The number of hydrogen-bond donors (Lipinski definition) is 2. The van der Waals surface area contributed by atoms with E-state index >= 15 is 0 Å². The summed E-state index contributed by atoms with van der Waals surface area (Å²) >= 11 is 21.1. The third kappa shape index (κ3) is 4.58. The van der Waals surface area contributed by atoms with Crippen LogP contribution in [0.3, 0.4) is 0 Å². The van der Waals surface area contributed by atoms with Crippen molar-refractivity contribution in [2.24, 2.45) is 5.84 Å². The highest BCUT2D eigenvalue weighted by atomic mass is 79.9. The van der Waals surface area contributed by atoms with E-state index in [0.29, 0.717) is 4.47 Å². The summed E-state index contributed by atoms with van der Waals surface area (Å²) in [5.41, 5.74) is 2.01. The number of sulfonamides is 1. The molecule has 0 fully saturated rings. The molecule has 0 atom stereocenters. The molecule has 2 rings (SSSR count). The second kappa shape index (κ2) is 8.11. The predicted octanol–water partition coefficient (Wildman–Crippen LogP) is 3.59. The molecule has 0 saturated heterocycles. The van der Waals surface area contributed by atoms with Gasteiger partial charge < -0.3 is 0 Å². The molecule has 11 heteroatoms. The zero-order valence-corrected chi connectivity index (χ0v) is 17.0. The van der Waals surface area contributed by atoms with Crippen LogP contribution < -0.4 is 15.6 Å². The topological polar surface area (TPSA) is 92.5 Å². The molecule has 6 nitrogen and oxygen atoms in total. The van der Waals surface area contributed by atoms with Crippen LogP contribution in [0.15, 0.2) is 45.8 Å². The van der Waals surface area contributed by atoms with Gasteiger partial charge in [-0.1, -0.05) is 50.7 Å². The number of hydrazine groups is 1. The Balaban J connectivity index is 2.61. The molecule has 25 heavy (non-hydrogen) atoms. The normalized spacial score (nSPS) is 11.2. The van der Waals surface area contributed by atoms with Gasteiger partial charge in [0, 0.05) is 4.47 Å². The van der Waals surface area contributed by atoms with Gasteiger partial charge in [-0.15, -0.1) is 0 Å². The molecule has 2 aromatic rings. The quantitative estimate of drug-likeness (QED) is 0.383. The van der Waals surface area contributed by atoms with Crippen molar-refractivity contribution < 1.29 is 13.2 Å². The third-order valence-electron chi connectivity index (χ3n) is 3.11. The Hall–Kier alpha value is -1.03. The number of nitrogens with two attached hydrogens (primary N) is 1. The van der Waals surface area contributed by atoms with Gasteiger partial charge in [-0.05, 0) is 36.4 Å². The van der Waals surface area contributed by atoms with Crippen LogP contribution in [0.1, 0.15) is 0 Å². The summed E-state index contributed by atoms with van der Waals surface area (Å²) < 4.78 is 27.5. The molecule has 0 aromatic heterocycles. The van der Waals surface area contributed by atoms with Gasteiger partial charge in [0.15, 0.2) is 0 Å². The predicted molar refractivity (Wildman–Crippen MR) is 102 cm³/mol. The average Bonchev–Trinajstić information content (AvgIpc) is 2.55. The first-order valence-electron chi connectivity index (χ1n) is 6.59. The van der Waals surface area contributed by atoms with Crippen LogP contribution in [0.4, 0.5) is 5.69 Å². The minimum absolute atomic E-state index is 0.0628. The number of carbonyl (C=O) groups is 1. The Morgan fingerprint density at radius 3 is 2.32 bits per heavy atom. The summed E-state index contributed by atoms with van der Waals surface area (Å²) in [5, 5.41) is 0.393. The molecule has 3 N–H and O–H groups in total. The molecule has 2 aromatic carbocycles. The molecule has 0 radical (unpaired) electrons. The van der Waals surface area contributed by atoms with E-state index in [0.717, 1.165) is 4.31 Å². The first-order chi connectivity index (χ1) is 11.7. The number of benzene rings is 2. The molecule has 0 aliphatic carbocycles. The summed E-state index contributed by atoms with van der Waals surface area (Å²) in [6.45, 7) is -0.569. The van der Waals surface area contributed by atoms with E-state index in [1.54, 1.807) is 6.07 Å². The molecule has 1 amide bonds. The minimum atomic E-state index is -4.16. The van der Waals surface area contributed by atoms with Crippen LogP contribution in [0.2, 0.25) is 15.1 Å². The van der Waals surface area contributed by atoms with Crippen LogP contribution in [0.5, 0.6) is 0 Å². The van der Waals surface area contributed by atoms with Crippen LogP contribution in [-0.2, 0) is 14.8 Å². The summed E-state index contributed by atoms with van der Waals surface area (Å²) in [7, 11) is -4.16. The number of nitrogens with zero attached hydrogens (tertiary/aromatic N) is 1. The van der Waals surface area contributed by atoms with E-state index in [4.69, 9.17) is 40.6 Å². The molecule has 0 aliphatic rings. The smallest absolute Gasteiger partial charge is 0.264 e. The number of carbonyl (C=O) groups excluding carboxylic acids is 1. The second-order valence-corrected chi connectivity index (χ2v) is 8.75. The third-order valence-corrected chi connectivity index (χ3v) is 6.40. The molecule has 0 bridgehead atoms. The Kier molecular flexibility index (Phi) is 6.58. The van der Waals surface area contributed by atoms with E-state index in [-0.39, 0.29) is 25.7 Å². The van der Waals surface area contributed by atoms with Crippen molar-refractivity contribution >= 4 is 72.4 Å². The lowest BCUT2D eigenvalue weighted by Gasteiger charge is -2.25. The number of rotatable bonds is 5. The van der Waals surface area contributed by atoms with E-state index in [9.17, 15) is 13.2 Å². The standard InChI is InChI=1S/C14H11BrCl3N3O3S/c15-8-1-4-13(12(18)5-8)21(7-14(22)20-19)25(23,24)9-2-3-10(16)11(17)6-9/h1-6H,7,19H2,(H,20,22). The summed E-state index contributed by atoms with van der Waals surface area (Å²) in [5.74, 6) is 4.37. The Labute approximate surface area is 168 Å². The Morgan fingerprint density at radius 2 is 1.76 bits per heavy atom. The zero-order chi connectivity index (χ0) is 18.8. The second-order valence-electron chi connectivity index (χ2n) is 4.75. The van der Waals surface area contributed by atoms with E-state index in [2.05, 4.69) is 15.9 Å². The first kappa shape index (κ1) is 20.3. The average molecular weight is 488 g/mol. The number of nitrogens with one attached hydrogen (secondary N) is 1. The molecule has 0 saturated carbocycles. The van der Waals surface area contributed by atoms with Gasteiger partial charge in [-0.25, -0.2) is 14.3 Å². The lowest BCUT2D eigenvalue weighted by atomic mass is 10.3. The minimum Gasteiger partial charge on any atom is -0.293 e. The van der Waals surface area contributed by atoms with Crippen LogP contribution >= 0.6 is 50.7 Å². The number of amides is 1. The fourth-order valence-electron chi connectivity index (χ4n) is 1.92. The largest absolute Gasteiger partial charge is 0.293 e. The SMILES string of the molecule is NNC(=O)CN(c1ccc(Br)cc1Cl)S(=O)(=O)c1ccc(Cl)c(Cl)c1. The van der Waals surface area contributed by atoms with Crippen LogP contribution in [-0.4, -0.2) is 20.9 Å². The van der Waals surface area contributed by atoms with Crippen molar-refractivity contribution in [2.75, 3.05) is 10.8 Å². The van der Waals surface area contributed by atoms with Crippen molar-refractivity contribution in [3.8, 4) is 0 Å².